The molecule has 0 bridgehead atoms. The van der Waals surface area contributed by atoms with E-state index >= 15 is 0 Å². The number of nitrogens with zero attached hydrogens (tertiary/aromatic N) is 1. The summed E-state index contributed by atoms with van der Waals surface area (Å²) in [6.07, 6.45) is 4.08. The lowest BCUT2D eigenvalue weighted by Gasteiger charge is -2.33. The third kappa shape index (κ3) is 4.59. The van der Waals surface area contributed by atoms with Crippen molar-refractivity contribution in [3.05, 3.63) is 21.4 Å². The molecule has 1 aliphatic carbocycles. The van der Waals surface area contributed by atoms with Crippen LogP contribution in [0, 0.1) is 5.92 Å². The molecular weight excluding hydrogens is 398 g/mol. The van der Waals surface area contributed by atoms with Gasteiger partial charge in [0, 0.05) is 22.3 Å². The van der Waals surface area contributed by atoms with Gasteiger partial charge in [0.05, 0.1) is 17.1 Å². The third-order valence-electron chi connectivity index (χ3n) is 5.90. The molecule has 28 heavy (non-hydrogen) atoms. The fraction of sp³-hybridized carbons (Fsp3) is 0.700. The van der Waals surface area contributed by atoms with Gasteiger partial charge in [-0.1, -0.05) is 13.8 Å². The first-order chi connectivity index (χ1) is 13.2. The van der Waals surface area contributed by atoms with Gasteiger partial charge in [-0.3, -0.25) is 4.79 Å². The highest BCUT2D eigenvalue weighted by Crippen LogP contribution is 2.33. The molecule has 0 spiro atoms. The van der Waals surface area contributed by atoms with E-state index in [0.717, 1.165) is 24.8 Å². The maximum Gasteiger partial charge on any atom is 0.339 e. The zero-order valence-electron chi connectivity index (χ0n) is 16.8. The van der Waals surface area contributed by atoms with Crippen molar-refractivity contribution in [1.29, 1.82) is 0 Å². The van der Waals surface area contributed by atoms with Crippen LogP contribution in [0.1, 0.15) is 60.8 Å². The summed E-state index contributed by atoms with van der Waals surface area (Å²) < 4.78 is 29.0. The average molecular weight is 428 g/mol. The molecule has 3 rings (SSSR count). The van der Waals surface area contributed by atoms with Crippen molar-refractivity contribution >= 4 is 33.1 Å². The van der Waals surface area contributed by atoms with Crippen molar-refractivity contribution in [1.82, 2.24) is 4.90 Å². The van der Waals surface area contributed by atoms with Crippen molar-refractivity contribution in [3.8, 4) is 0 Å². The van der Waals surface area contributed by atoms with E-state index in [4.69, 9.17) is 4.74 Å². The van der Waals surface area contributed by atoms with Crippen LogP contribution in [0.4, 0.5) is 0 Å². The zero-order chi connectivity index (χ0) is 20.5. The molecule has 1 aromatic heterocycles. The smallest absolute Gasteiger partial charge is 0.339 e. The molecule has 3 atom stereocenters. The van der Waals surface area contributed by atoms with Gasteiger partial charge in [-0.25, -0.2) is 13.2 Å². The number of rotatable bonds is 6. The van der Waals surface area contributed by atoms with Gasteiger partial charge in [-0.15, -0.1) is 11.3 Å². The Labute approximate surface area is 171 Å². The number of ether oxygens (including phenoxy) is 1. The lowest BCUT2D eigenvalue weighted by atomic mass is 9.88. The minimum absolute atomic E-state index is 0.00670. The summed E-state index contributed by atoms with van der Waals surface area (Å²) in [6, 6.07) is -0.429. The summed E-state index contributed by atoms with van der Waals surface area (Å²) >= 11 is 1.59. The summed E-state index contributed by atoms with van der Waals surface area (Å²) in [5.74, 6) is -0.0425. The van der Waals surface area contributed by atoms with Crippen LogP contribution in [0.25, 0.3) is 0 Å². The van der Waals surface area contributed by atoms with E-state index < -0.39 is 15.8 Å². The Morgan fingerprint density at radius 2 is 2.11 bits per heavy atom. The number of esters is 1. The molecule has 1 aromatic rings. The number of sulfone groups is 1. The highest BCUT2D eigenvalue weighted by atomic mass is 32.2. The molecule has 0 N–H and O–H groups in total. The number of fused-ring (bicyclic) bond motifs is 1. The van der Waals surface area contributed by atoms with E-state index in [1.54, 1.807) is 16.2 Å². The monoisotopic (exact) mass is 427 g/mol. The number of hydrogen-bond acceptors (Lipinski definition) is 6. The SMILES string of the molecule is CC[C@H](C)N(C(=O)COC(=O)c1csc2c1CC[C@@H](C)C2)[C@@H]1CCS(=O)(=O)C1. The predicted octanol–water partition coefficient (Wildman–Crippen LogP) is 2.84. The fourth-order valence-electron chi connectivity index (χ4n) is 4.13. The van der Waals surface area contributed by atoms with Crippen LogP contribution >= 0.6 is 11.3 Å². The Balaban J connectivity index is 1.65. The Bertz CT molecular complexity index is 845. The van der Waals surface area contributed by atoms with Crippen molar-refractivity contribution in [2.75, 3.05) is 18.1 Å². The molecule has 0 aromatic carbocycles. The predicted molar refractivity (Wildman–Crippen MR) is 109 cm³/mol. The number of thiophene rings is 1. The molecule has 2 heterocycles. The van der Waals surface area contributed by atoms with Gasteiger partial charge >= 0.3 is 5.97 Å². The van der Waals surface area contributed by atoms with Gasteiger partial charge in [0.2, 0.25) is 0 Å². The Kier molecular flexibility index (Phi) is 6.49. The maximum atomic E-state index is 12.8. The summed E-state index contributed by atoms with van der Waals surface area (Å²) in [6.45, 7) is 5.73. The molecule has 6 nitrogen and oxygen atoms in total. The van der Waals surface area contributed by atoms with Crippen LogP contribution in [0.2, 0.25) is 0 Å². The number of carbonyl (C=O) groups is 2. The number of hydrogen-bond donors (Lipinski definition) is 0. The molecule has 0 saturated carbocycles. The topological polar surface area (TPSA) is 80.8 Å². The fourth-order valence-corrected chi connectivity index (χ4v) is 7.07. The van der Waals surface area contributed by atoms with Crippen molar-refractivity contribution in [2.45, 2.75) is 65.0 Å². The zero-order valence-corrected chi connectivity index (χ0v) is 18.4. The van der Waals surface area contributed by atoms with Gasteiger partial charge < -0.3 is 9.64 Å². The quantitative estimate of drug-likeness (QED) is 0.652. The van der Waals surface area contributed by atoms with Gasteiger partial charge in [0.25, 0.3) is 5.91 Å². The second kappa shape index (κ2) is 8.53. The van der Waals surface area contributed by atoms with Gasteiger partial charge in [0.15, 0.2) is 16.4 Å². The van der Waals surface area contributed by atoms with Gasteiger partial charge in [0.1, 0.15) is 0 Å². The van der Waals surface area contributed by atoms with Crippen molar-refractivity contribution < 1.29 is 22.7 Å². The Morgan fingerprint density at radius 3 is 2.75 bits per heavy atom. The Morgan fingerprint density at radius 1 is 1.36 bits per heavy atom. The first-order valence-corrected chi connectivity index (χ1v) is 12.7. The van der Waals surface area contributed by atoms with E-state index in [1.807, 2.05) is 19.2 Å². The summed E-state index contributed by atoms with van der Waals surface area (Å²) in [4.78, 5) is 28.2. The molecule has 0 radical (unpaired) electrons. The molecule has 156 valence electrons. The Hall–Kier alpha value is -1.41. The van der Waals surface area contributed by atoms with E-state index in [2.05, 4.69) is 6.92 Å². The molecule has 0 unspecified atom stereocenters. The lowest BCUT2D eigenvalue weighted by Crippen LogP contribution is -2.48. The van der Waals surface area contributed by atoms with Crippen LogP contribution in [-0.2, 0) is 32.2 Å². The molecule has 1 amide bonds. The van der Waals surface area contributed by atoms with Gasteiger partial charge in [-0.05, 0) is 50.5 Å². The van der Waals surface area contributed by atoms with Gasteiger partial charge in [-0.2, -0.15) is 0 Å². The maximum absolute atomic E-state index is 12.8. The van der Waals surface area contributed by atoms with Crippen LogP contribution in [-0.4, -0.2) is 55.4 Å². The lowest BCUT2D eigenvalue weighted by molar-refractivity contribution is -0.138. The van der Waals surface area contributed by atoms with Crippen LogP contribution in [0.15, 0.2) is 5.38 Å². The van der Waals surface area contributed by atoms with E-state index in [-0.39, 0.29) is 36.1 Å². The molecule has 1 aliphatic heterocycles. The molecule has 8 heteroatoms. The average Bonchev–Trinajstić information content (AvgIpc) is 3.22. The highest BCUT2D eigenvalue weighted by Gasteiger charge is 2.37. The largest absolute Gasteiger partial charge is 0.452 e. The summed E-state index contributed by atoms with van der Waals surface area (Å²) in [5.41, 5.74) is 1.65. The molecule has 1 fully saturated rings. The van der Waals surface area contributed by atoms with E-state index in [0.29, 0.717) is 24.3 Å². The summed E-state index contributed by atoms with van der Waals surface area (Å²) in [7, 11) is -3.10. The van der Waals surface area contributed by atoms with Crippen LogP contribution < -0.4 is 0 Å². The minimum atomic E-state index is -3.10. The first-order valence-electron chi connectivity index (χ1n) is 9.99. The summed E-state index contributed by atoms with van der Waals surface area (Å²) in [5, 5.41) is 1.84. The van der Waals surface area contributed by atoms with E-state index in [1.165, 1.54) is 4.88 Å². The molecule has 2 aliphatic rings. The second-order valence-corrected chi connectivity index (χ2v) is 11.3. The van der Waals surface area contributed by atoms with E-state index in [9.17, 15) is 18.0 Å². The third-order valence-corrected chi connectivity index (χ3v) is 8.71. The second-order valence-electron chi connectivity index (χ2n) is 8.09. The molecule has 1 saturated heterocycles. The van der Waals surface area contributed by atoms with Crippen molar-refractivity contribution in [3.63, 3.8) is 0 Å². The number of carbonyl (C=O) groups excluding carboxylic acids is 2. The first kappa shape index (κ1) is 21.3. The standard InChI is InChI=1S/C20H29NO5S2/c1-4-14(3)21(15-7-8-28(24,25)12-15)19(22)10-26-20(23)17-11-27-18-9-13(2)5-6-16(17)18/h11,13-15H,4-10,12H2,1-3H3/t13-,14+,15-/m1/s1. The number of amides is 1. The minimum Gasteiger partial charge on any atom is -0.452 e. The molecular formula is C20H29NO5S2. The highest BCUT2D eigenvalue weighted by molar-refractivity contribution is 7.91. The van der Waals surface area contributed by atoms with Crippen LogP contribution in [0.3, 0.4) is 0 Å². The van der Waals surface area contributed by atoms with Crippen LogP contribution in [0.5, 0.6) is 0 Å². The van der Waals surface area contributed by atoms with Crippen molar-refractivity contribution in [2.24, 2.45) is 5.92 Å². The normalized spacial score (nSPS) is 24.4.